The van der Waals surface area contributed by atoms with E-state index < -0.39 is 5.09 Å². The lowest BCUT2D eigenvalue weighted by molar-refractivity contribution is -0.773. The maximum Gasteiger partial charge on any atom is 0.294 e. The zero-order valence-electron chi connectivity index (χ0n) is 14.3. The van der Waals surface area contributed by atoms with E-state index in [-0.39, 0.29) is 11.5 Å². The zero-order valence-corrected chi connectivity index (χ0v) is 14.3. The largest absolute Gasteiger partial charge is 0.330 e. The summed E-state index contributed by atoms with van der Waals surface area (Å²) in [7, 11) is 0. The monoisotopic (exact) mass is 312 g/mol. The summed E-state index contributed by atoms with van der Waals surface area (Å²) in [6.45, 7) is 7.23. The van der Waals surface area contributed by atoms with E-state index in [0.717, 1.165) is 32.1 Å². The molecule has 2 N–H and O–H groups in total. The average molecular weight is 312 g/mol. The third-order valence-electron chi connectivity index (χ3n) is 6.49. The summed E-state index contributed by atoms with van der Waals surface area (Å²) >= 11 is 0. The van der Waals surface area contributed by atoms with Gasteiger partial charge in [-0.25, -0.2) is 0 Å². The molecule has 2 aliphatic rings. The average Bonchev–Trinajstić information content (AvgIpc) is 2.51. The third-order valence-corrected chi connectivity index (χ3v) is 6.49. The number of hydrogen-bond donors (Lipinski definition) is 1. The predicted octanol–water partition coefficient (Wildman–Crippen LogP) is 3.93. The SMILES string of the molecule is CCC1CC2(CC)CC(CN)CC(C(CC)O[N+](=O)[O-])(C1)C2. The quantitative estimate of drug-likeness (QED) is 0.570. The fourth-order valence-corrected chi connectivity index (χ4v) is 5.69. The van der Waals surface area contributed by atoms with E-state index in [0.29, 0.717) is 30.2 Å². The number of nitrogens with two attached hydrogens (primary N) is 1. The van der Waals surface area contributed by atoms with Crippen LogP contribution in [0.2, 0.25) is 0 Å². The lowest BCUT2D eigenvalue weighted by Gasteiger charge is -2.59. The molecular weight excluding hydrogens is 280 g/mol. The molecule has 2 rings (SSSR count). The van der Waals surface area contributed by atoms with Crippen LogP contribution in [0.25, 0.3) is 0 Å². The molecule has 128 valence electrons. The van der Waals surface area contributed by atoms with Crippen molar-refractivity contribution in [3.05, 3.63) is 10.1 Å². The van der Waals surface area contributed by atoms with E-state index in [1.54, 1.807) is 0 Å². The summed E-state index contributed by atoms with van der Waals surface area (Å²) in [4.78, 5) is 16.2. The van der Waals surface area contributed by atoms with Crippen LogP contribution in [-0.2, 0) is 4.84 Å². The van der Waals surface area contributed by atoms with Crippen LogP contribution in [0.5, 0.6) is 0 Å². The van der Waals surface area contributed by atoms with E-state index >= 15 is 0 Å². The Labute approximate surface area is 134 Å². The highest BCUT2D eigenvalue weighted by molar-refractivity contribution is 5.05. The van der Waals surface area contributed by atoms with Gasteiger partial charge in [0.25, 0.3) is 5.09 Å². The number of nitrogens with zero attached hydrogens (tertiary/aromatic N) is 1. The lowest BCUT2D eigenvalue weighted by atomic mass is 9.47. The minimum Gasteiger partial charge on any atom is -0.330 e. The Hall–Kier alpha value is -0.840. The molecule has 5 heteroatoms. The van der Waals surface area contributed by atoms with Crippen LogP contribution >= 0.6 is 0 Å². The molecule has 2 aliphatic carbocycles. The molecule has 5 nitrogen and oxygen atoms in total. The maximum absolute atomic E-state index is 11.0. The van der Waals surface area contributed by atoms with Crippen molar-refractivity contribution in [3.8, 4) is 0 Å². The van der Waals surface area contributed by atoms with E-state index in [1.807, 2.05) is 6.92 Å². The van der Waals surface area contributed by atoms with E-state index in [2.05, 4.69) is 13.8 Å². The van der Waals surface area contributed by atoms with Crippen molar-refractivity contribution in [3.63, 3.8) is 0 Å². The van der Waals surface area contributed by atoms with E-state index in [9.17, 15) is 10.1 Å². The Bertz CT molecular complexity index is 383. The molecule has 0 spiro atoms. The third kappa shape index (κ3) is 3.24. The van der Waals surface area contributed by atoms with Crippen LogP contribution in [0.4, 0.5) is 0 Å². The second-order valence-electron chi connectivity index (χ2n) is 7.81. The van der Waals surface area contributed by atoms with Crippen LogP contribution in [-0.4, -0.2) is 17.7 Å². The van der Waals surface area contributed by atoms with Gasteiger partial charge in [-0.05, 0) is 67.7 Å². The van der Waals surface area contributed by atoms with Crippen LogP contribution in [0.3, 0.4) is 0 Å². The summed E-state index contributed by atoms with van der Waals surface area (Å²) in [5.74, 6) is 1.15. The van der Waals surface area contributed by atoms with Crippen molar-refractivity contribution >= 4 is 0 Å². The molecule has 5 unspecified atom stereocenters. The zero-order chi connectivity index (χ0) is 16.4. The van der Waals surface area contributed by atoms with Gasteiger partial charge < -0.3 is 10.6 Å². The Morgan fingerprint density at radius 1 is 1.23 bits per heavy atom. The standard InChI is InChI=1S/C17H32N2O3/c1-4-13-7-16(6-3)8-14(11-18)10-17(9-13,12-16)15(5-2)22-19(20)21/h13-15H,4-12,18H2,1-3H3. The van der Waals surface area contributed by atoms with E-state index in [4.69, 9.17) is 10.6 Å². The molecule has 2 fully saturated rings. The van der Waals surface area contributed by atoms with Crippen molar-refractivity contribution in [2.45, 2.75) is 78.2 Å². The van der Waals surface area contributed by atoms with Crippen molar-refractivity contribution in [2.24, 2.45) is 28.4 Å². The Kier molecular flexibility index (Phi) is 5.36. The highest BCUT2D eigenvalue weighted by Crippen LogP contribution is 2.62. The molecule has 0 saturated heterocycles. The molecule has 0 radical (unpaired) electrons. The number of fused-ring (bicyclic) bond motifs is 2. The van der Waals surface area contributed by atoms with E-state index in [1.165, 1.54) is 12.8 Å². The van der Waals surface area contributed by atoms with Gasteiger partial charge in [-0.3, -0.25) is 0 Å². The van der Waals surface area contributed by atoms with Gasteiger partial charge in [0, 0.05) is 0 Å². The fraction of sp³-hybridized carbons (Fsp3) is 1.00. The molecule has 0 amide bonds. The highest BCUT2D eigenvalue weighted by atomic mass is 17.0. The molecule has 0 aromatic heterocycles. The van der Waals surface area contributed by atoms with Gasteiger partial charge in [-0.15, -0.1) is 10.1 Å². The van der Waals surface area contributed by atoms with Crippen LogP contribution in [0.1, 0.15) is 72.1 Å². The maximum atomic E-state index is 11.0. The Morgan fingerprint density at radius 3 is 2.36 bits per heavy atom. The van der Waals surface area contributed by atoms with Crippen molar-refractivity contribution < 1.29 is 9.92 Å². The Balaban J connectivity index is 2.36. The molecule has 0 aliphatic heterocycles. The smallest absolute Gasteiger partial charge is 0.294 e. The number of hydrogen-bond acceptors (Lipinski definition) is 4. The van der Waals surface area contributed by atoms with Crippen LogP contribution in [0, 0.1) is 32.8 Å². The van der Waals surface area contributed by atoms with Gasteiger partial charge in [0.15, 0.2) is 0 Å². The molecule has 2 bridgehead atoms. The fourth-order valence-electron chi connectivity index (χ4n) is 5.69. The minimum atomic E-state index is -0.585. The summed E-state index contributed by atoms with van der Waals surface area (Å²) in [5.41, 5.74) is 6.27. The van der Waals surface area contributed by atoms with Crippen LogP contribution < -0.4 is 5.73 Å². The summed E-state index contributed by atoms with van der Waals surface area (Å²) in [6.07, 6.45) is 8.31. The second-order valence-corrected chi connectivity index (χ2v) is 7.81. The summed E-state index contributed by atoms with van der Waals surface area (Å²) < 4.78 is 0. The number of rotatable bonds is 7. The molecule has 0 aromatic rings. The summed E-state index contributed by atoms with van der Waals surface area (Å²) in [5, 5.41) is 10.4. The van der Waals surface area contributed by atoms with Gasteiger partial charge in [0.2, 0.25) is 0 Å². The first-order valence-corrected chi connectivity index (χ1v) is 8.93. The first-order valence-electron chi connectivity index (χ1n) is 8.93. The van der Waals surface area contributed by atoms with Gasteiger partial charge in [-0.2, -0.15) is 0 Å². The first kappa shape index (κ1) is 17.5. The lowest BCUT2D eigenvalue weighted by Crippen LogP contribution is -2.53. The molecular formula is C17H32N2O3. The Morgan fingerprint density at radius 2 is 1.86 bits per heavy atom. The first-order chi connectivity index (χ1) is 10.4. The van der Waals surface area contributed by atoms with Crippen molar-refractivity contribution in [1.82, 2.24) is 0 Å². The molecule has 5 atom stereocenters. The molecule has 2 saturated carbocycles. The van der Waals surface area contributed by atoms with Gasteiger partial charge in [0.1, 0.15) is 6.10 Å². The van der Waals surface area contributed by atoms with Gasteiger partial charge in [-0.1, -0.05) is 33.6 Å². The van der Waals surface area contributed by atoms with Crippen molar-refractivity contribution in [1.29, 1.82) is 0 Å². The summed E-state index contributed by atoms with van der Waals surface area (Å²) in [6, 6.07) is 0. The second kappa shape index (κ2) is 6.73. The minimum absolute atomic E-state index is 0.0565. The topological polar surface area (TPSA) is 78.4 Å². The van der Waals surface area contributed by atoms with Gasteiger partial charge >= 0.3 is 0 Å². The predicted molar refractivity (Wildman–Crippen MR) is 86.7 cm³/mol. The molecule has 0 heterocycles. The van der Waals surface area contributed by atoms with Crippen molar-refractivity contribution in [2.75, 3.05) is 6.54 Å². The molecule has 22 heavy (non-hydrogen) atoms. The normalized spacial score (nSPS) is 39.3. The van der Waals surface area contributed by atoms with Crippen LogP contribution in [0.15, 0.2) is 0 Å². The molecule has 0 aromatic carbocycles. The highest BCUT2D eigenvalue weighted by Gasteiger charge is 2.55. The van der Waals surface area contributed by atoms with Gasteiger partial charge in [0.05, 0.1) is 0 Å².